The summed E-state index contributed by atoms with van der Waals surface area (Å²) >= 11 is 6.76. The number of aryl methyl sites for hydroxylation is 1. The summed E-state index contributed by atoms with van der Waals surface area (Å²) in [5.41, 5.74) is 4.20. The second-order valence-corrected chi connectivity index (χ2v) is 8.75. The van der Waals surface area contributed by atoms with Gasteiger partial charge in [0.2, 0.25) is 10.7 Å². The predicted octanol–water partition coefficient (Wildman–Crippen LogP) is 5.66. The Morgan fingerprint density at radius 1 is 1.21 bits per heavy atom. The lowest BCUT2D eigenvalue weighted by Gasteiger charge is -2.22. The van der Waals surface area contributed by atoms with E-state index in [2.05, 4.69) is 46.1 Å². The lowest BCUT2D eigenvalue weighted by molar-refractivity contribution is 0.404. The van der Waals surface area contributed by atoms with Crippen molar-refractivity contribution >= 4 is 56.2 Å². The highest BCUT2D eigenvalue weighted by atomic mass is 32.1. The molecule has 0 radical (unpaired) electrons. The fraction of sp³-hybridized carbons (Fsp3) is 0.167. The highest BCUT2D eigenvalue weighted by Crippen LogP contribution is 2.33. The van der Waals surface area contributed by atoms with Gasteiger partial charge in [-0.1, -0.05) is 36.5 Å². The molecule has 3 aromatic heterocycles. The first kappa shape index (κ1) is 21.3. The van der Waals surface area contributed by atoms with Crippen LogP contribution in [-0.2, 0) is 6.42 Å². The summed E-state index contributed by atoms with van der Waals surface area (Å²) in [6.07, 6.45) is 2.45. The van der Waals surface area contributed by atoms with E-state index in [1.165, 1.54) is 34.8 Å². The first-order valence-electron chi connectivity index (χ1n) is 10.3. The van der Waals surface area contributed by atoms with Crippen LogP contribution in [0.15, 0.2) is 63.9 Å². The number of hydrogen-bond donors (Lipinski definition) is 0. The number of ether oxygens (including phenoxy) is 1. The van der Waals surface area contributed by atoms with Crippen molar-refractivity contribution in [3.05, 3.63) is 75.5 Å². The molecule has 0 saturated carbocycles. The maximum absolute atomic E-state index is 13.2. The van der Waals surface area contributed by atoms with Crippen molar-refractivity contribution in [3.8, 4) is 10.9 Å². The number of para-hydroxylation sites is 1. The Hall–Kier alpha value is -3.56. The second kappa shape index (κ2) is 8.42. The number of pyridine rings is 1. The SMILES string of the molecule is CCc1ccccc1N(C)c1ccc2nc(-n3c(=S)oc4c(OC)ccnc4c3=O)sc2c1. The van der Waals surface area contributed by atoms with E-state index in [0.717, 1.165) is 28.0 Å². The normalized spacial score (nSPS) is 11.2. The Labute approximate surface area is 198 Å². The fourth-order valence-electron chi connectivity index (χ4n) is 3.81. The van der Waals surface area contributed by atoms with Gasteiger partial charge in [-0.25, -0.2) is 14.5 Å². The fourth-order valence-corrected chi connectivity index (χ4v) is 5.12. The van der Waals surface area contributed by atoms with Crippen LogP contribution in [0, 0.1) is 4.84 Å². The molecule has 5 aromatic rings. The van der Waals surface area contributed by atoms with Gasteiger partial charge in [-0.3, -0.25) is 4.79 Å². The zero-order valence-corrected chi connectivity index (χ0v) is 19.9. The molecule has 9 heteroatoms. The number of nitrogens with zero attached hydrogens (tertiary/aromatic N) is 4. The number of methoxy groups -OCH3 is 1. The minimum absolute atomic E-state index is 0.00734. The first-order chi connectivity index (χ1) is 16.0. The molecule has 3 heterocycles. The molecule has 0 spiro atoms. The molecule has 0 amide bonds. The van der Waals surface area contributed by atoms with Crippen molar-refractivity contribution in [2.45, 2.75) is 13.3 Å². The number of benzene rings is 2. The van der Waals surface area contributed by atoms with Crippen LogP contribution < -0.4 is 15.2 Å². The lowest BCUT2D eigenvalue weighted by Crippen LogP contribution is -2.20. The van der Waals surface area contributed by atoms with Crippen LogP contribution in [0.2, 0.25) is 0 Å². The molecule has 2 aromatic carbocycles. The molecule has 0 N–H and O–H groups in total. The van der Waals surface area contributed by atoms with E-state index in [1.807, 2.05) is 25.2 Å². The number of hydrogen-bond acceptors (Lipinski definition) is 8. The Balaban J connectivity index is 1.62. The zero-order valence-electron chi connectivity index (χ0n) is 18.2. The van der Waals surface area contributed by atoms with Gasteiger partial charge in [0, 0.05) is 30.7 Å². The molecule has 0 fully saturated rings. The number of aromatic nitrogens is 3. The van der Waals surface area contributed by atoms with Crippen LogP contribution in [0.3, 0.4) is 0 Å². The van der Waals surface area contributed by atoms with E-state index in [1.54, 1.807) is 6.07 Å². The molecule has 166 valence electrons. The van der Waals surface area contributed by atoms with Crippen LogP contribution >= 0.6 is 23.6 Å². The van der Waals surface area contributed by atoms with Crippen molar-refractivity contribution in [2.75, 3.05) is 19.1 Å². The van der Waals surface area contributed by atoms with Crippen molar-refractivity contribution in [3.63, 3.8) is 0 Å². The average Bonchev–Trinajstić information content (AvgIpc) is 3.26. The minimum atomic E-state index is -0.395. The molecule has 0 atom stereocenters. The Morgan fingerprint density at radius 3 is 2.82 bits per heavy atom. The highest BCUT2D eigenvalue weighted by molar-refractivity contribution is 7.71. The molecular weight excluding hydrogens is 456 g/mol. The van der Waals surface area contributed by atoms with Gasteiger partial charge in [0.25, 0.3) is 10.4 Å². The van der Waals surface area contributed by atoms with Gasteiger partial charge in [0.15, 0.2) is 11.3 Å². The van der Waals surface area contributed by atoms with E-state index in [4.69, 9.17) is 21.4 Å². The maximum Gasteiger partial charge on any atom is 0.290 e. The van der Waals surface area contributed by atoms with E-state index in [9.17, 15) is 4.79 Å². The van der Waals surface area contributed by atoms with Crippen molar-refractivity contribution in [1.82, 2.24) is 14.5 Å². The Kier molecular flexibility index (Phi) is 5.43. The maximum atomic E-state index is 13.2. The Bertz CT molecular complexity index is 1620. The first-order valence-corrected chi connectivity index (χ1v) is 11.6. The standard InChI is InChI=1S/C24H20N4O3S2/c1-4-14-7-5-6-8-17(14)27(2)15-9-10-16-19(13-15)33-23(26-16)28-22(29)20-21(31-24(28)32)18(30-3)11-12-25-20/h5-13H,4H2,1-3H3. The van der Waals surface area contributed by atoms with Crippen LogP contribution in [-0.4, -0.2) is 28.7 Å². The second-order valence-electron chi connectivity index (χ2n) is 7.39. The quantitative estimate of drug-likeness (QED) is 0.303. The molecule has 0 saturated heterocycles. The number of fused-ring (bicyclic) bond motifs is 2. The molecular formula is C24H20N4O3S2. The van der Waals surface area contributed by atoms with Crippen molar-refractivity contribution in [2.24, 2.45) is 0 Å². The van der Waals surface area contributed by atoms with Gasteiger partial charge in [0.05, 0.1) is 17.3 Å². The highest BCUT2D eigenvalue weighted by Gasteiger charge is 2.17. The van der Waals surface area contributed by atoms with Crippen molar-refractivity contribution in [1.29, 1.82) is 0 Å². The summed E-state index contributed by atoms with van der Waals surface area (Å²) in [5.74, 6) is 0.402. The van der Waals surface area contributed by atoms with Gasteiger partial charge in [-0.15, -0.1) is 0 Å². The largest absolute Gasteiger partial charge is 0.493 e. The third-order valence-corrected chi connectivity index (χ3v) is 6.81. The third kappa shape index (κ3) is 3.59. The number of rotatable bonds is 5. The van der Waals surface area contributed by atoms with Gasteiger partial charge in [0.1, 0.15) is 0 Å². The molecule has 0 aliphatic heterocycles. The predicted molar refractivity (Wildman–Crippen MR) is 134 cm³/mol. The van der Waals surface area contributed by atoms with Crippen LogP contribution in [0.4, 0.5) is 11.4 Å². The van der Waals surface area contributed by atoms with Gasteiger partial charge >= 0.3 is 0 Å². The minimum Gasteiger partial charge on any atom is -0.493 e. The van der Waals surface area contributed by atoms with Crippen LogP contribution in [0.25, 0.3) is 26.4 Å². The van der Waals surface area contributed by atoms with Gasteiger partial charge in [-0.05, 0) is 48.5 Å². The molecule has 0 bridgehead atoms. The summed E-state index contributed by atoms with van der Waals surface area (Å²) in [6, 6.07) is 16.0. The number of anilines is 2. The Morgan fingerprint density at radius 2 is 2.03 bits per heavy atom. The van der Waals surface area contributed by atoms with E-state index >= 15 is 0 Å². The van der Waals surface area contributed by atoms with E-state index < -0.39 is 5.56 Å². The molecule has 0 unspecified atom stereocenters. The zero-order chi connectivity index (χ0) is 23.1. The van der Waals surface area contributed by atoms with Gasteiger partial charge < -0.3 is 14.1 Å². The molecule has 0 aliphatic rings. The number of thiazole rings is 1. The molecule has 5 rings (SSSR count). The van der Waals surface area contributed by atoms with Gasteiger partial charge in [-0.2, -0.15) is 0 Å². The average molecular weight is 477 g/mol. The van der Waals surface area contributed by atoms with E-state index in [-0.39, 0.29) is 15.9 Å². The summed E-state index contributed by atoms with van der Waals surface area (Å²) < 4.78 is 13.2. The summed E-state index contributed by atoms with van der Waals surface area (Å²) in [5, 5.41) is 0.434. The van der Waals surface area contributed by atoms with E-state index in [0.29, 0.717) is 10.9 Å². The molecule has 33 heavy (non-hydrogen) atoms. The molecule has 7 nitrogen and oxygen atoms in total. The molecule has 0 aliphatic carbocycles. The summed E-state index contributed by atoms with van der Waals surface area (Å²) in [7, 11) is 3.55. The smallest absolute Gasteiger partial charge is 0.290 e. The van der Waals surface area contributed by atoms with Crippen LogP contribution in [0.1, 0.15) is 12.5 Å². The van der Waals surface area contributed by atoms with Crippen LogP contribution in [0.5, 0.6) is 5.75 Å². The summed E-state index contributed by atoms with van der Waals surface area (Å²) in [4.78, 5) is 24.2. The monoisotopic (exact) mass is 476 g/mol. The topological polar surface area (TPSA) is 73.4 Å². The van der Waals surface area contributed by atoms with Crippen molar-refractivity contribution < 1.29 is 9.15 Å². The third-order valence-electron chi connectivity index (χ3n) is 5.54. The lowest BCUT2D eigenvalue weighted by atomic mass is 10.1. The summed E-state index contributed by atoms with van der Waals surface area (Å²) in [6.45, 7) is 2.15.